The molecule has 0 bridgehead atoms. The average molecular weight is 360 g/mol. The molecule has 120 valence electrons. The lowest BCUT2D eigenvalue weighted by molar-refractivity contribution is -0.119. The fourth-order valence-electron chi connectivity index (χ4n) is 1.69. The highest BCUT2D eigenvalue weighted by Gasteiger charge is 2.15. The second-order valence-electron chi connectivity index (χ2n) is 4.41. The summed E-state index contributed by atoms with van der Waals surface area (Å²) in [5.74, 6) is -3.65. The van der Waals surface area contributed by atoms with Gasteiger partial charge in [-0.15, -0.1) is 0 Å². The molecule has 8 heteroatoms. The molecule has 0 saturated carbocycles. The molecule has 0 aliphatic heterocycles. The largest absolute Gasteiger partial charge is 0.452 e. The van der Waals surface area contributed by atoms with Crippen LogP contribution in [0.5, 0.6) is 0 Å². The molecule has 0 spiro atoms. The van der Waals surface area contributed by atoms with Gasteiger partial charge in [0.2, 0.25) is 0 Å². The van der Waals surface area contributed by atoms with Crippen molar-refractivity contribution in [1.29, 1.82) is 0 Å². The van der Waals surface area contributed by atoms with Crippen LogP contribution >= 0.6 is 23.2 Å². The van der Waals surface area contributed by atoms with Crippen molar-refractivity contribution in [3.05, 3.63) is 63.6 Å². The molecule has 1 N–H and O–H groups in total. The van der Waals surface area contributed by atoms with Crippen LogP contribution < -0.4 is 5.32 Å². The van der Waals surface area contributed by atoms with E-state index in [1.807, 2.05) is 0 Å². The fourth-order valence-corrected chi connectivity index (χ4v) is 2.21. The number of halogens is 4. The Hall–Kier alpha value is -2.18. The number of hydrogen-bond acceptors (Lipinski definition) is 3. The van der Waals surface area contributed by atoms with E-state index in [-0.39, 0.29) is 0 Å². The van der Waals surface area contributed by atoms with E-state index < -0.39 is 35.7 Å². The maximum absolute atomic E-state index is 13.4. The van der Waals surface area contributed by atoms with Gasteiger partial charge in [0.05, 0.1) is 5.56 Å². The van der Waals surface area contributed by atoms with Crippen LogP contribution in [0.1, 0.15) is 10.4 Å². The minimum Gasteiger partial charge on any atom is -0.452 e. The van der Waals surface area contributed by atoms with Crippen LogP contribution in [0.3, 0.4) is 0 Å². The standard InChI is InChI=1S/C15H9Cl2F2NO3/c16-8-3-9(17)5-11(4-8)20-14(21)7-23-15(22)12-2-1-10(18)6-13(12)19/h1-6H,7H2,(H,20,21). The van der Waals surface area contributed by atoms with Crippen molar-refractivity contribution in [1.82, 2.24) is 0 Å². The monoisotopic (exact) mass is 359 g/mol. The molecular formula is C15H9Cl2F2NO3. The first-order chi connectivity index (χ1) is 10.8. The van der Waals surface area contributed by atoms with Crippen molar-refractivity contribution in [3.8, 4) is 0 Å². The highest BCUT2D eigenvalue weighted by molar-refractivity contribution is 6.35. The van der Waals surface area contributed by atoms with Crippen molar-refractivity contribution in [2.45, 2.75) is 0 Å². The topological polar surface area (TPSA) is 55.4 Å². The van der Waals surface area contributed by atoms with Gasteiger partial charge in [-0.05, 0) is 30.3 Å². The molecule has 0 heterocycles. The molecule has 2 aromatic carbocycles. The van der Waals surface area contributed by atoms with Crippen LogP contribution in [-0.4, -0.2) is 18.5 Å². The van der Waals surface area contributed by atoms with Gasteiger partial charge in [0, 0.05) is 21.8 Å². The van der Waals surface area contributed by atoms with Crippen LogP contribution in [0.25, 0.3) is 0 Å². The van der Waals surface area contributed by atoms with Gasteiger partial charge in [0.1, 0.15) is 11.6 Å². The highest BCUT2D eigenvalue weighted by atomic mass is 35.5. The maximum atomic E-state index is 13.4. The first-order valence-electron chi connectivity index (χ1n) is 6.23. The Kier molecular flexibility index (Phi) is 5.52. The normalized spacial score (nSPS) is 10.3. The third-order valence-corrected chi connectivity index (χ3v) is 3.07. The number of nitrogens with one attached hydrogen (secondary N) is 1. The smallest absolute Gasteiger partial charge is 0.341 e. The van der Waals surface area contributed by atoms with Crippen molar-refractivity contribution in [2.75, 3.05) is 11.9 Å². The zero-order valence-electron chi connectivity index (χ0n) is 11.4. The van der Waals surface area contributed by atoms with E-state index in [9.17, 15) is 18.4 Å². The van der Waals surface area contributed by atoms with Crippen LogP contribution in [0.15, 0.2) is 36.4 Å². The summed E-state index contributed by atoms with van der Waals surface area (Å²) in [5, 5.41) is 3.05. The van der Waals surface area contributed by atoms with Crippen LogP contribution in [0.4, 0.5) is 14.5 Å². The van der Waals surface area contributed by atoms with Gasteiger partial charge in [0.15, 0.2) is 6.61 Å². The van der Waals surface area contributed by atoms with Gasteiger partial charge in [0.25, 0.3) is 5.91 Å². The second-order valence-corrected chi connectivity index (χ2v) is 5.28. The van der Waals surface area contributed by atoms with E-state index in [1.165, 1.54) is 18.2 Å². The van der Waals surface area contributed by atoms with E-state index in [4.69, 9.17) is 23.2 Å². The minimum absolute atomic E-state index is 0.316. The van der Waals surface area contributed by atoms with E-state index >= 15 is 0 Å². The lowest BCUT2D eigenvalue weighted by Gasteiger charge is -2.08. The molecular weight excluding hydrogens is 351 g/mol. The van der Waals surface area contributed by atoms with Gasteiger partial charge in [-0.2, -0.15) is 0 Å². The lowest BCUT2D eigenvalue weighted by atomic mass is 10.2. The Morgan fingerprint density at radius 1 is 1.04 bits per heavy atom. The zero-order chi connectivity index (χ0) is 17.0. The van der Waals surface area contributed by atoms with Crippen molar-refractivity contribution >= 4 is 40.8 Å². The maximum Gasteiger partial charge on any atom is 0.341 e. The number of rotatable bonds is 4. The molecule has 23 heavy (non-hydrogen) atoms. The number of benzene rings is 2. The van der Waals surface area contributed by atoms with Gasteiger partial charge < -0.3 is 10.1 Å². The lowest BCUT2D eigenvalue weighted by Crippen LogP contribution is -2.21. The summed E-state index contributed by atoms with van der Waals surface area (Å²) in [7, 11) is 0. The molecule has 2 rings (SSSR count). The average Bonchev–Trinajstić information content (AvgIpc) is 2.43. The molecule has 2 aromatic rings. The Bertz CT molecular complexity index is 748. The van der Waals surface area contributed by atoms with Gasteiger partial charge >= 0.3 is 5.97 Å². The highest BCUT2D eigenvalue weighted by Crippen LogP contribution is 2.22. The molecule has 4 nitrogen and oxygen atoms in total. The molecule has 0 unspecified atom stereocenters. The van der Waals surface area contributed by atoms with Crippen molar-refractivity contribution in [2.24, 2.45) is 0 Å². The molecule has 0 fully saturated rings. The summed E-state index contributed by atoms with van der Waals surface area (Å²) in [5.41, 5.74) is -0.151. The Morgan fingerprint density at radius 2 is 1.70 bits per heavy atom. The zero-order valence-corrected chi connectivity index (χ0v) is 12.9. The summed E-state index contributed by atoms with van der Waals surface area (Å²) in [6.07, 6.45) is 0. The number of hydrogen-bond donors (Lipinski definition) is 1. The van der Waals surface area contributed by atoms with Crippen molar-refractivity contribution in [3.63, 3.8) is 0 Å². The molecule has 0 aliphatic rings. The summed E-state index contributed by atoms with van der Waals surface area (Å²) in [6, 6.07) is 6.77. The first kappa shape index (κ1) is 17.2. The van der Waals surface area contributed by atoms with Gasteiger partial charge in [-0.25, -0.2) is 13.6 Å². The predicted octanol–water partition coefficient (Wildman–Crippen LogP) is 4.07. The summed E-state index contributed by atoms with van der Waals surface area (Å²) < 4.78 is 30.8. The number of carbonyl (C=O) groups is 2. The Morgan fingerprint density at radius 3 is 2.30 bits per heavy atom. The van der Waals surface area contributed by atoms with E-state index in [0.29, 0.717) is 21.8 Å². The number of amides is 1. The van der Waals surface area contributed by atoms with Crippen LogP contribution in [0, 0.1) is 11.6 Å². The van der Waals surface area contributed by atoms with E-state index in [1.54, 1.807) is 0 Å². The minimum atomic E-state index is -1.08. The molecule has 0 aliphatic carbocycles. The molecule has 1 amide bonds. The summed E-state index contributed by atoms with van der Waals surface area (Å²) in [6.45, 7) is -0.653. The fraction of sp³-hybridized carbons (Fsp3) is 0.0667. The van der Waals surface area contributed by atoms with Gasteiger partial charge in [-0.1, -0.05) is 23.2 Å². The summed E-state index contributed by atoms with van der Waals surface area (Å²) in [4.78, 5) is 23.3. The number of carbonyl (C=O) groups excluding carboxylic acids is 2. The molecule has 0 saturated heterocycles. The predicted molar refractivity (Wildman–Crippen MR) is 81.7 cm³/mol. The molecule has 0 radical (unpaired) electrons. The first-order valence-corrected chi connectivity index (χ1v) is 6.99. The Balaban J connectivity index is 1.94. The third-order valence-electron chi connectivity index (χ3n) is 2.63. The quantitative estimate of drug-likeness (QED) is 0.837. The van der Waals surface area contributed by atoms with Crippen LogP contribution in [0.2, 0.25) is 10.0 Å². The number of anilines is 1. The second kappa shape index (κ2) is 7.39. The molecule has 0 aromatic heterocycles. The number of ether oxygens (including phenoxy) is 1. The molecule has 0 atom stereocenters. The van der Waals surface area contributed by atoms with Crippen molar-refractivity contribution < 1.29 is 23.1 Å². The van der Waals surface area contributed by atoms with E-state index in [2.05, 4.69) is 10.1 Å². The van der Waals surface area contributed by atoms with E-state index in [0.717, 1.165) is 12.1 Å². The van der Waals surface area contributed by atoms with Crippen LogP contribution in [-0.2, 0) is 9.53 Å². The van der Waals surface area contributed by atoms with Gasteiger partial charge in [-0.3, -0.25) is 4.79 Å². The number of esters is 1. The third kappa shape index (κ3) is 4.91. The Labute approximate surface area is 140 Å². The SMILES string of the molecule is O=C(COC(=O)c1ccc(F)cc1F)Nc1cc(Cl)cc(Cl)c1. The summed E-state index contributed by atoms with van der Waals surface area (Å²) >= 11 is 11.6.